The summed E-state index contributed by atoms with van der Waals surface area (Å²) in [6, 6.07) is 10.1. The zero-order valence-electron chi connectivity index (χ0n) is 14.5. The van der Waals surface area contributed by atoms with E-state index in [9.17, 15) is 0 Å². The molecule has 0 amide bonds. The monoisotopic (exact) mass is 339 g/mol. The topological polar surface area (TPSA) is 47.5 Å². The van der Waals surface area contributed by atoms with Gasteiger partial charge in [0.25, 0.3) is 0 Å². The van der Waals surface area contributed by atoms with Crippen LogP contribution in [-0.2, 0) is 22.6 Å². The lowest BCUT2D eigenvalue weighted by atomic mass is 9.79. The number of nitrogens with zero attached hydrogens (tertiary/aromatic N) is 3. The molecule has 2 aliphatic rings. The van der Waals surface area contributed by atoms with Crippen LogP contribution >= 0.6 is 0 Å². The van der Waals surface area contributed by atoms with Crippen LogP contribution < -0.4 is 0 Å². The van der Waals surface area contributed by atoms with E-state index in [0.717, 1.165) is 51.4 Å². The lowest BCUT2D eigenvalue weighted by molar-refractivity contribution is -0.139. The second-order valence-electron chi connectivity index (χ2n) is 7.06. The molecule has 1 spiro atoms. The van der Waals surface area contributed by atoms with E-state index in [1.807, 2.05) is 42.9 Å². The maximum Gasteiger partial charge on any atom is 0.0964 e. The van der Waals surface area contributed by atoms with E-state index in [1.165, 1.54) is 5.56 Å². The first-order chi connectivity index (χ1) is 12.3. The van der Waals surface area contributed by atoms with Crippen molar-refractivity contribution in [3.8, 4) is 0 Å². The van der Waals surface area contributed by atoms with Crippen LogP contribution in [-0.4, -0.2) is 46.8 Å². The molecule has 0 aromatic carbocycles. The molecule has 2 fully saturated rings. The molecule has 4 heterocycles. The molecule has 1 unspecified atom stereocenters. The normalized spacial score (nSPS) is 22.2. The third-order valence-electron chi connectivity index (χ3n) is 5.32. The molecule has 5 nitrogen and oxygen atoms in total. The van der Waals surface area contributed by atoms with Gasteiger partial charge in [-0.15, -0.1) is 0 Å². The van der Waals surface area contributed by atoms with Gasteiger partial charge >= 0.3 is 0 Å². The highest BCUT2D eigenvalue weighted by Crippen LogP contribution is 2.42. The van der Waals surface area contributed by atoms with Crippen LogP contribution in [0.3, 0.4) is 0 Å². The molecule has 2 aliphatic heterocycles. The summed E-state index contributed by atoms with van der Waals surface area (Å²) in [6.45, 7) is 5.27. The van der Waals surface area contributed by atoms with Crippen molar-refractivity contribution in [1.29, 1.82) is 0 Å². The molecule has 5 heteroatoms. The predicted molar refractivity (Wildman–Crippen MR) is 94.8 cm³/mol. The zero-order valence-corrected chi connectivity index (χ0v) is 14.5. The van der Waals surface area contributed by atoms with Gasteiger partial charge in [-0.05, 0) is 48.6 Å². The fourth-order valence-corrected chi connectivity index (χ4v) is 3.98. The lowest BCUT2D eigenvalue weighted by Gasteiger charge is -2.50. The van der Waals surface area contributed by atoms with Crippen LogP contribution in [0.5, 0.6) is 0 Å². The highest BCUT2D eigenvalue weighted by Gasteiger charge is 2.52. The third kappa shape index (κ3) is 3.89. The average molecular weight is 339 g/mol. The van der Waals surface area contributed by atoms with Crippen LogP contribution in [0.1, 0.15) is 24.1 Å². The van der Waals surface area contributed by atoms with Crippen molar-refractivity contribution in [3.63, 3.8) is 0 Å². The largest absolute Gasteiger partial charge is 0.377 e. The Bertz CT molecular complexity index is 659. The molecule has 0 N–H and O–H groups in total. The molecule has 132 valence electrons. The molecule has 0 saturated carbocycles. The Hall–Kier alpha value is -1.82. The van der Waals surface area contributed by atoms with Gasteiger partial charge in [0.2, 0.25) is 0 Å². The Kier molecular flexibility index (Phi) is 5.06. The van der Waals surface area contributed by atoms with Crippen LogP contribution in [0, 0.1) is 5.92 Å². The van der Waals surface area contributed by atoms with E-state index >= 15 is 0 Å². The molecular formula is C20H25N3O2. The van der Waals surface area contributed by atoms with Crippen molar-refractivity contribution in [2.45, 2.75) is 31.6 Å². The maximum atomic E-state index is 6.15. The first-order valence-corrected chi connectivity index (χ1v) is 9.07. The molecule has 25 heavy (non-hydrogen) atoms. The summed E-state index contributed by atoms with van der Waals surface area (Å²) in [5, 5.41) is 0. The van der Waals surface area contributed by atoms with Crippen molar-refractivity contribution in [2.24, 2.45) is 5.92 Å². The lowest BCUT2D eigenvalue weighted by Crippen LogP contribution is -2.64. The van der Waals surface area contributed by atoms with Gasteiger partial charge in [0.05, 0.1) is 17.9 Å². The van der Waals surface area contributed by atoms with Gasteiger partial charge in [-0.25, -0.2) is 0 Å². The first kappa shape index (κ1) is 16.6. The molecule has 0 bridgehead atoms. The van der Waals surface area contributed by atoms with Crippen LogP contribution in [0.4, 0.5) is 0 Å². The van der Waals surface area contributed by atoms with Gasteiger partial charge in [-0.2, -0.15) is 0 Å². The van der Waals surface area contributed by atoms with Crippen molar-refractivity contribution in [3.05, 3.63) is 60.2 Å². The van der Waals surface area contributed by atoms with Gasteiger partial charge in [-0.3, -0.25) is 14.9 Å². The molecule has 2 aromatic heterocycles. The fraction of sp³-hybridized carbons (Fsp3) is 0.500. The Balaban J connectivity index is 1.22. The zero-order chi connectivity index (χ0) is 17.0. The van der Waals surface area contributed by atoms with Crippen molar-refractivity contribution < 1.29 is 9.47 Å². The summed E-state index contributed by atoms with van der Waals surface area (Å²) in [7, 11) is 0. The van der Waals surface area contributed by atoms with Gasteiger partial charge in [0.1, 0.15) is 0 Å². The molecule has 0 aliphatic carbocycles. The van der Waals surface area contributed by atoms with Gasteiger partial charge < -0.3 is 9.47 Å². The second-order valence-corrected chi connectivity index (χ2v) is 7.06. The third-order valence-corrected chi connectivity index (χ3v) is 5.32. The van der Waals surface area contributed by atoms with E-state index in [0.29, 0.717) is 12.5 Å². The standard InChI is InChI=1S/C20H25N3O2/c1-2-8-22-19(3-1)13-23-15-20(16-23)18(7-12-25-20)6-11-24-14-17-4-9-21-10-5-17/h1-5,8-10,18H,6-7,11-16H2. The van der Waals surface area contributed by atoms with Crippen LogP contribution in [0.2, 0.25) is 0 Å². The number of rotatable bonds is 7. The molecule has 4 rings (SSSR count). The second kappa shape index (κ2) is 7.60. The Morgan fingerprint density at radius 3 is 2.84 bits per heavy atom. The van der Waals surface area contributed by atoms with E-state index in [4.69, 9.17) is 9.47 Å². The number of hydrogen-bond acceptors (Lipinski definition) is 5. The number of ether oxygens (including phenoxy) is 2. The molecule has 1 atom stereocenters. The summed E-state index contributed by atoms with van der Waals surface area (Å²) < 4.78 is 12.0. The maximum absolute atomic E-state index is 6.15. The van der Waals surface area contributed by atoms with Crippen LogP contribution in [0.15, 0.2) is 48.9 Å². The van der Waals surface area contributed by atoms with Gasteiger partial charge in [-0.1, -0.05) is 6.07 Å². The number of pyridine rings is 2. The minimum atomic E-state index is 0.0504. The summed E-state index contributed by atoms with van der Waals surface area (Å²) >= 11 is 0. The fourth-order valence-electron chi connectivity index (χ4n) is 3.98. The minimum absolute atomic E-state index is 0.0504. The summed E-state index contributed by atoms with van der Waals surface area (Å²) in [4.78, 5) is 10.9. The summed E-state index contributed by atoms with van der Waals surface area (Å²) in [5.74, 6) is 0.602. The van der Waals surface area contributed by atoms with Gasteiger partial charge in [0, 0.05) is 51.4 Å². The quantitative estimate of drug-likeness (QED) is 0.726. The Morgan fingerprint density at radius 2 is 2.04 bits per heavy atom. The summed E-state index contributed by atoms with van der Waals surface area (Å²) in [5.41, 5.74) is 2.36. The minimum Gasteiger partial charge on any atom is -0.377 e. The molecule has 2 saturated heterocycles. The number of aromatic nitrogens is 2. The first-order valence-electron chi connectivity index (χ1n) is 9.07. The average Bonchev–Trinajstić information content (AvgIpc) is 3.04. The smallest absolute Gasteiger partial charge is 0.0964 e. The van der Waals surface area contributed by atoms with Gasteiger partial charge in [0.15, 0.2) is 0 Å². The predicted octanol–water partition coefficient (Wildman–Crippen LogP) is 2.67. The highest BCUT2D eigenvalue weighted by molar-refractivity contribution is 5.10. The molecule has 0 radical (unpaired) electrons. The SMILES string of the molecule is c1ccc(CN2CC3(C2)OCCC3CCOCc2ccncc2)nc1. The highest BCUT2D eigenvalue weighted by atomic mass is 16.5. The number of hydrogen-bond donors (Lipinski definition) is 0. The molecule has 2 aromatic rings. The Morgan fingerprint density at radius 1 is 1.16 bits per heavy atom. The summed E-state index contributed by atoms with van der Waals surface area (Å²) in [6.07, 6.45) is 7.70. The Labute approximate surface area is 149 Å². The van der Waals surface area contributed by atoms with Crippen molar-refractivity contribution in [1.82, 2.24) is 14.9 Å². The van der Waals surface area contributed by atoms with Crippen LogP contribution in [0.25, 0.3) is 0 Å². The molecular weight excluding hydrogens is 314 g/mol. The van der Waals surface area contributed by atoms with Crippen molar-refractivity contribution >= 4 is 0 Å². The van der Waals surface area contributed by atoms with E-state index in [2.05, 4.69) is 20.9 Å². The van der Waals surface area contributed by atoms with E-state index < -0.39 is 0 Å². The number of likely N-dealkylation sites (tertiary alicyclic amines) is 1. The van der Waals surface area contributed by atoms with E-state index in [1.54, 1.807) is 0 Å². The van der Waals surface area contributed by atoms with Crippen molar-refractivity contribution in [2.75, 3.05) is 26.3 Å². The van der Waals surface area contributed by atoms with E-state index in [-0.39, 0.29) is 5.60 Å².